The Bertz CT molecular complexity index is 881. The van der Waals surface area contributed by atoms with Crippen LogP contribution in [0.2, 0.25) is 0 Å². The summed E-state index contributed by atoms with van der Waals surface area (Å²) >= 11 is 0. The van der Waals surface area contributed by atoms with E-state index in [2.05, 4.69) is 30.0 Å². The Morgan fingerprint density at radius 3 is 2.31 bits per heavy atom. The van der Waals surface area contributed by atoms with Crippen LogP contribution in [0.15, 0.2) is 42.0 Å². The summed E-state index contributed by atoms with van der Waals surface area (Å²) in [6.07, 6.45) is 2.04. The molecule has 3 rings (SSSR count). The van der Waals surface area contributed by atoms with Crippen LogP contribution in [-0.4, -0.2) is 30.2 Å². The number of hydrogen-bond donors (Lipinski definition) is 1. The van der Waals surface area contributed by atoms with Gasteiger partial charge in [0.2, 0.25) is 0 Å². The number of likely N-dealkylation sites (N-methyl/N-ethyl adjacent to an activating group) is 1. The molecule has 1 fully saturated rings. The van der Waals surface area contributed by atoms with Crippen LogP contribution in [0.4, 0.5) is 0 Å². The molecule has 0 bridgehead atoms. The van der Waals surface area contributed by atoms with E-state index in [0.717, 1.165) is 11.1 Å². The largest absolute Gasteiger partial charge is 0.305 e. The summed E-state index contributed by atoms with van der Waals surface area (Å²) in [4.78, 5) is 2.17. The highest BCUT2D eigenvalue weighted by Gasteiger charge is 2.63. The van der Waals surface area contributed by atoms with Gasteiger partial charge < -0.3 is 5.41 Å². The summed E-state index contributed by atoms with van der Waals surface area (Å²) in [7, 11) is 2.01. The number of hydrogen-bond acceptors (Lipinski definition) is 5. The third kappa shape index (κ3) is 2.20. The quantitative estimate of drug-likeness (QED) is 0.791. The van der Waals surface area contributed by atoms with Crippen LogP contribution in [0.3, 0.4) is 0 Å². The van der Waals surface area contributed by atoms with Crippen LogP contribution in [0.1, 0.15) is 25.3 Å². The predicted molar refractivity (Wildman–Crippen MR) is 98.0 cm³/mol. The smallest absolute Gasteiger partial charge is 0.190 e. The molecule has 5 nitrogen and oxygen atoms in total. The van der Waals surface area contributed by atoms with Crippen molar-refractivity contribution in [2.45, 2.75) is 25.8 Å². The Hall–Kier alpha value is -2.94. The standard InChI is InChI=1S/C21H21N5/c1-14-9-17-16(10-22)19(25)21(11-23,12-24)18(15-7-5-4-6-8-15)20(17,2)13-26(14)3/h4-9,14,16,18,25H,13H2,1-3H3. The highest BCUT2D eigenvalue weighted by Crippen LogP contribution is 2.60. The van der Waals surface area contributed by atoms with Gasteiger partial charge >= 0.3 is 0 Å². The van der Waals surface area contributed by atoms with Crippen LogP contribution in [0.5, 0.6) is 0 Å². The van der Waals surface area contributed by atoms with Gasteiger partial charge in [-0.3, -0.25) is 4.90 Å². The fourth-order valence-electron chi connectivity index (χ4n) is 4.70. The maximum absolute atomic E-state index is 10.0. The zero-order valence-electron chi connectivity index (χ0n) is 15.2. The average molecular weight is 343 g/mol. The van der Waals surface area contributed by atoms with Crippen molar-refractivity contribution in [3.8, 4) is 18.2 Å². The average Bonchev–Trinajstić information content (AvgIpc) is 2.64. The van der Waals surface area contributed by atoms with Crippen LogP contribution >= 0.6 is 0 Å². The Morgan fingerprint density at radius 1 is 1.15 bits per heavy atom. The van der Waals surface area contributed by atoms with Crippen molar-refractivity contribution in [3.05, 3.63) is 47.5 Å². The highest BCUT2D eigenvalue weighted by molar-refractivity contribution is 6.01. The number of benzene rings is 1. The molecule has 5 heteroatoms. The van der Waals surface area contributed by atoms with Crippen molar-refractivity contribution in [3.63, 3.8) is 0 Å². The molecule has 2 aliphatic rings. The molecule has 0 spiro atoms. The number of nitriles is 3. The highest BCUT2D eigenvalue weighted by atomic mass is 15.1. The molecular weight excluding hydrogens is 322 g/mol. The number of fused-ring (bicyclic) bond motifs is 1. The summed E-state index contributed by atoms with van der Waals surface area (Å²) in [6, 6.07) is 16.1. The Kier molecular flexibility index (Phi) is 4.19. The first-order valence-electron chi connectivity index (χ1n) is 8.64. The molecule has 4 unspecified atom stereocenters. The topological polar surface area (TPSA) is 98.5 Å². The summed E-state index contributed by atoms with van der Waals surface area (Å²) in [5.74, 6) is -1.35. The van der Waals surface area contributed by atoms with Gasteiger partial charge in [-0.2, -0.15) is 15.8 Å². The van der Waals surface area contributed by atoms with E-state index in [4.69, 9.17) is 5.41 Å². The van der Waals surface area contributed by atoms with Gasteiger partial charge in [0.1, 0.15) is 5.92 Å². The lowest BCUT2D eigenvalue weighted by molar-refractivity contribution is 0.119. The fourth-order valence-corrected chi connectivity index (χ4v) is 4.70. The zero-order valence-corrected chi connectivity index (χ0v) is 15.2. The van der Waals surface area contributed by atoms with Gasteiger partial charge in [0.25, 0.3) is 0 Å². The van der Waals surface area contributed by atoms with Gasteiger partial charge in [-0.25, -0.2) is 0 Å². The Labute approximate surface area is 154 Å². The van der Waals surface area contributed by atoms with Crippen molar-refractivity contribution in [2.75, 3.05) is 13.6 Å². The molecule has 1 aromatic carbocycles. The van der Waals surface area contributed by atoms with Crippen LogP contribution in [0, 0.1) is 56.2 Å². The second-order valence-electron chi connectivity index (χ2n) is 7.55. The minimum Gasteiger partial charge on any atom is -0.305 e. The molecule has 1 N–H and O–H groups in total. The molecule has 130 valence electrons. The van der Waals surface area contributed by atoms with Crippen LogP contribution < -0.4 is 0 Å². The van der Waals surface area contributed by atoms with Gasteiger partial charge in [-0.15, -0.1) is 0 Å². The van der Waals surface area contributed by atoms with E-state index in [1.807, 2.05) is 50.4 Å². The minimum absolute atomic E-state index is 0.0978. The third-order valence-electron chi connectivity index (χ3n) is 6.06. The fraction of sp³-hybridized carbons (Fsp3) is 0.429. The molecule has 1 aromatic rings. The second kappa shape index (κ2) is 6.10. The van der Waals surface area contributed by atoms with Crippen molar-refractivity contribution >= 4 is 5.71 Å². The molecule has 1 aliphatic heterocycles. The first-order chi connectivity index (χ1) is 12.4. The molecule has 0 amide bonds. The summed E-state index contributed by atoms with van der Waals surface area (Å²) in [5, 5.41) is 38.5. The summed E-state index contributed by atoms with van der Waals surface area (Å²) < 4.78 is 0. The molecule has 1 saturated carbocycles. The van der Waals surface area contributed by atoms with Gasteiger partial charge in [-0.1, -0.05) is 43.3 Å². The predicted octanol–water partition coefficient (Wildman–Crippen LogP) is 3.24. The maximum atomic E-state index is 10.0. The number of nitrogens with zero attached hydrogens (tertiary/aromatic N) is 4. The van der Waals surface area contributed by atoms with Gasteiger partial charge in [0.15, 0.2) is 5.41 Å². The molecule has 26 heavy (non-hydrogen) atoms. The lowest BCUT2D eigenvalue weighted by atomic mass is 9.48. The van der Waals surface area contributed by atoms with Crippen molar-refractivity contribution in [2.24, 2.45) is 16.7 Å². The summed E-state index contributed by atoms with van der Waals surface area (Å²) in [6.45, 7) is 4.70. The first kappa shape index (κ1) is 17.9. The normalized spacial score (nSPS) is 33.2. The van der Waals surface area contributed by atoms with Crippen LogP contribution in [0.25, 0.3) is 0 Å². The monoisotopic (exact) mass is 343 g/mol. The minimum atomic E-state index is -1.66. The van der Waals surface area contributed by atoms with E-state index in [1.165, 1.54) is 0 Å². The molecule has 4 atom stereocenters. The van der Waals surface area contributed by atoms with Gasteiger partial charge in [0, 0.05) is 23.9 Å². The number of rotatable bonds is 1. The second-order valence-corrected chi connectivity index (χ2v) is 7.55. The van der Waals surface area contributed by atoms with E-state index >= 15 is 0 Å². The third-order valence-corrected chi connectivity index (χ3v) is 6.06. The van der Waals surface area contributed by atoms with Crippen molar-refractivity contribution in [1.82, 2.24) is 4.90 Å². The molecule has 0 radical (unpaired) electrons. The Balaban J connectivity index is 2.37. The van der Waals surface area contributed by atoms with Gasteiger partial charge in [0.05, 0.1) is 23.9 Å². The van der Waals surface area contributed by atoms with E-state index in [9.17, 15) is 15.8 Å². The lowest BCUT2D eigenvalue weighted by Crippen LogP contribution is -2.58. The van der Waals surface area contributed by atoms with E-state index < -0.39 is 22.7 Å². The first-order valence-corrected chi connectivity index (χ1v) is 8.64. The molecule has 0 saturated heterocycles. The molecule has 1 aliphatic carbocycles. The zero-order chi connectivity index (χ0) is 19.1. The SMILES string of the molecule is CC1C=C2C(C#N)C(=N)C(C#N)(C#N)C(c3ccccc3)C2(C)CN1C. The van der Waals surface area contributed by atoms with E-state index in [1.54, 1.807) is 0 Å². The lowest BCUT2D eigenvalue weighted by Gasteiger charge is -2.55. The van der Waals surface area contributed by atoms with Gasteiger partial charge in [-0.05, 0) is 25.1 Å². The van der Waals surface area contributed by atoms with E-state index in [-0.39, 0.29) is 11.8 Å². The van der Waals surface area contributed by atoms with E-state index in [0.29, 0.717) is 6.54 Å². The number of nitrogens with one attached hydrogen (secondary N) is 1. The van der Waals surface area contributed by atoms with Crippen molar-refractivity contribution < 1.29 is 0 Å². The van der Waals surface area contributed by atoms with Crippen LogP contribution in [-0.2, 0) is 0 Å². The molecular formula is C21H21N5. The summed E-state index contributed by atoms with van der Waals surface area (Å²) in [5.41, 5.74) is -0.619. The maximum Gasteiger partial charge on any atom is 0.190 e. The van der Waals surface area contributed by atoms with Crippen molar-refractivity contribution in [1.29, 1.82) is 21.2 Å². The Morgan fingerprint density at radius 2 is 1.77 bits per heavy atom. The molecule has 0 aromatic heterocycles. The molecule has 1 heterocycles.